The van der Waals surface area contributed by atoms with Gasteiger partial charge in [-0.15, -0.1) is 0 Å². The summed E-state index contributed by atoms with van der Waals surface area (Å²) < 4.78 is 10.4. The van der Waals surface area contributed by atoms with E-state index < -0.39 is 0 Å². The van der Waals surface area contributed by atoms with E-state index in [1.807, 2.05) is 0 Å². The van der Waals surface area contributed by atoms with Crippen molar-refractivity contribution in [1.29, 1.82) is 0 Å². The summed E-state index contributed by atoms with van der Waals surface area (Å²) in [6, 6.07) is 4.96. The number of rotatable bonds is 5. The van der Waals surface area contributed by atoms with Crippen LogP contribution in [0.4, 0.5) is 11.6 Å². The normalized spacial score (nSPS) is 10.0. The van der Waals surface area contributed by atoms with E-state index >= 15 is 0 Å². The lowest BCUT2D eigenvalue weighted by Crippen LogP contribution is -2.13. The Labute approximate surface area is 132 Å². The third kappa shape index (κ3) is 3.50. The zero-order valence-electron chi connectivity index (χ0n) is 11.4. The van der Waals surface area contributed by atoms with Gasteiger partial charge in [0.25, 0.3) is 0 Å². The lowest BCUT2D eigenvalue weighted by molar-refractivity contribution is 0.396. The fourth-order valence-corrected chi connectivity index (χ4v) is 1.99. The van der Waals surface area contributed by atoms with Crippen LogP contribution in [0.1, 0.15) is 5.69 Å². The molecular weight excluding hydrogens is 312 g/mol. The molecule has 21 heavy (non-hydrogen) atoms. The second-order valence-electron chi connectivity index (χ2n) is 3.94. The molecule has 0 aliphatic carbocycles. The minimum Gasteiger partial charge on any atom is -0.495 e. The van der Waals surface area contributed by atoms with E-state index in [4.69, 9.17) is 39.0 Å². The Morgan fingerprint density at radius 1 is 1.29 bits per heavy atom. The summed E-state index contributed by atoms with van der Waals surface area (Å²) in [5, 5.41) is 3.44. The summed E-state index contributed by atoms with van der Waals surface area (Å²) in [4.78, 5) is 8.49. The van der Waals surface area contributed by atoms with Crippen molar-refractivity contribution in [2.24, 2.45) is 5.73 Å². The van der Waals surface area contributed by atoms with Crippen LogP contribution >= 0.6 is 23.8 Å². The molecule has 6 nitrogen and oxygen atoms in total. The summed E-state index contributed by atoms with van der Waals surface area (Å²) in [6.45, 7) is 0. The zero-order chi connectivity index (χ0) is 15.4. The molecule has 2 rings (SSSR count). The summed E-state index contributed by atoms with van der Waals surface area (Å²) in [6.07, 6.45) is 1.56. The number of aromatic nitrogens is 2. The minimum absolute atomic E-state index is 0.195. The van der Waals surface area contributed by atoms with E-state index in [1.165, 1.54) is 7.11 Å². The molecule has 0 aliphatic heterocycles. The summed E-state index contributed by atoms with van der Waals surface area (Å²) in [7, 11) is 3.07. The molecule has 0 saturated heterocycles. The molecule has 0 radical (unpaired) electrons. The summed E-state index contributed by atoms with van der Waals surface area (Å²) in [5.41, 5.74) is 6.62. The van der Waals surface area contributed by atoms with Crippen LogP contribution in [0.2, 0.25) is 5.02 Å². The maximum atomic E-state index is 6.10. The van der Waals surface area contributed by atoms with Crippen LogP contribution < -0.4 is 20.5 Å². The van der Waals surface area contributed by atoms with Gasteiger partial charge in [0.05, 0.1) is 24.9 Å². The Morgan fingerprint density at radius 3 is 2.62 bits per heavy atom. The number of hydrogen-bond acceptors (Lipinski definition) is 6. The predicted octanol–water partition coefficient (Wildman–Crippen LogP) is 2.52. The van der Waals surface area contributed by atoms with Crippen molar-refractivity contribution in [3.63, 3.8) is 0 Å². The van der Waals surface area contributed by atoms with Crippen LogP contribution in [0.15, 0.2) is 24.4 Å². The highest BCUT2D eigenvalue weighted by Crippen LogP contribution is 2.36. The monoisotopic (exact) mass is 324 g/mol. The van der Waals surface area contributed by atoms with Crippen molar-refractivity contribution in [3.05, 3.63) is 35.1 Å². The molecular formula is C13H13ClN4O2S. The van der Waals surface area contributed by atoms with Crippen molar-refractivity contribution < 1.29 is 9.47 Å². The summed E-state index contributed by atoms with van der Waals surface area (Å²) in [5.74, 6) is 1.39. The second kappa shape index (κ2) is 6.55. The number of methoxy groups -OCH3 is 2. The zero-order valence-corrected chi connectivity index (χ0v) is 13.0. The molecule has 0 amide bonds. The maximum Gasteiger partial charge on any atom is 0.227 e. The van der Waals surface area contributed by atoms with Gasteiger partial charge in [0.15, 0.2) is 0 Å². The van der Waals surface area contributed by atoms with Crippen LogP contribution in [-0.4, -0.2) is 29.2 Å². The van der Waals surface area contributed by atoms with E-state index in [0.29, 0.717) is 33.9 Å². The fourth-order valence-electron chi connectivity index (χ4n) is 1.63. The van der Waals surface area contributed by atoms with Crippen LogP contribution in [-0.2, 0) is 0 Å². The molecule has 0 spiro atoms. The lowest BCUT2D eigenvalue weighted by Gasteiger charge is -2.13. The maximum absolute atomic E-state index is 6.10. The quantitative estimate of drug-likeness (QED) is 0.818. The number of anilines is 2. The molecule has 0 saturated carbocycles. The van der Waals surface area contributed by atoms with Crippen LogP contribution in [0.25, 0.3) is 0 Å². The molecule has 110 valence electrons. The molecule has 8 heteroatoms. The fraction of sp³-hybridized carbons (Fsp3) is 0.154. The third-order valence-corrected chi connectivity index (χ3v) is 3.13. The van der Waals surface area contributed by atoms with E-state index in [2.05, 4.69) is 15.3 Å². The smallest absolute Gasteiger partial charge is 0.227 e. The average Bonchev–Trinajstić information content (AvgIpc) is 2.48. The number of nitrogens with two attached hydrogens (primary N) is 1. The van der Waals surface area contributed by atoms with Gasteiger partial charge >= 0.3 is 0 Å². The molecule has 0 aliphatic rings. The number of benzene rings is 1. The first-order valence-corrected chi connectivity index (χ1v) is 6.65. The van der Waals surface area contributed by atoms with E-state index in [9.17, 15) is 0 Å². The van der Waals surface area contributed by atoms with Crippen molar-refractivity contribution in [1.82, 2.24) is 9.97 Å². The lowest BCUT2D eigenvalue weighted by atomic mass is 10.2. The Morgan fingerprint density at radius 2 is 2.00 bits per heavy atom. The third-order valence-electron chi connectivity index (χ3n) is 2.63. The van der Waals surface area contributed by atoms with Crippen LogP contribution in [0.3, 0.4) is 0 Å². The van der Waals surface area contributed by atoms with Gasteiger partial charge in [-0.05, 0) is 12.1 Å². The number of hydrogen-bond donors (Lipinski definition) is 2. The Hall–Kier alpha value is -2.12. The Kier molecular flexibility index (Phi) is 4.77. The van der Waals surface area contributed by atoms with E-state index in [0.717, 1.165) is 0 Å². The van der Waals surface area contributed by atoms with Gasteiger partial charge in [0.1, 0.15) is 22.2 Å². The number of halogens is 1. The highest BCUT2D eigenvalue weighted by Gasteiger charge is 2.11. The van der Waals surface area contributed by atoms with Gasteiger partial charge in [0.2, 0.25) is 5.95 Å². The molecule has 0 atom stereocenters. The number of ether oxygens (including phenoxy) is 2. The van der Waals surface area contributed by atoms with Crippen molar-refractivity contribution in [2.45, 2.75) is 0 Å². The Bertz CT molecular complexity index is 681. The highest BCUT2D eigenvalue weighted by molar-refractivity contribution is 7.80. The van der Waals surface area contributed by atoms with E-state index in [-0.39, 0.29) is 4.99 Å². The molecule has 1 aromatic carbocycles. The first-order valence-electron chi connectivity index (χ1n) is 5.86. The number of nitrogens with one attached hydrogen (secondary N) is 1. The van der Waals surface area contributed by atoms with Gasteiger partial charge in [-0.1, -0.05) is 23.8 Å². The predicted molar refractivity (Wildman–Crippen MR) is 85.8 cm³/mol. The minimum atomic E-state index is 0.195. The van der Waals surface area contributed by atoms with Crippen molar-refractivity contribution in [3.8, 4) is 11.5 Å². The molecule has 0 fully saturated rings. The molecule has 0 unspecified atom stereocenters. The number of nitrogens with zero attached hydrogens (tertiary/aromatic N) is 2. The van der Waals surface area contributed by atoms with E-state index in [1.54, 1.807) is 31.5 Å². The largest absolute Gasteiger partial charge is 0.495 e. The molecule has 1 heterocycles. The highest BCUT2D eigenvalue weighted by atomic mass is 35.5. The van der Waals surface area contributed by atoms with Gasteiger partial charge in [-0.3, -0.25) is 0 Å². The summed E-state index contributed by atoms with van der Waals surface area (Å²) >= 11 is 11.0. The van der Waals surface area contributed by atoms with Crippen LogP contribution in [0, 0.1) is 0 Å². The topological polar surface area (TPSA) is 82.3 Å². The molecule has 1 aromatic heterocycles. The van der Waals surface area contributed by atoms with Crippen molar-refractivity contribution >= 4 is 40.4 Å². The second-order valence-corrected chi connectivity index (χ2v) is 4.79. The average molecular weight is 325 g/mol. The van der Waals surface area contributed by atoms with Gasteiger partial charge in [0, 0.05) is 12.3 Å². The molecule has 3 N–H and O–H groups in total. The van der Waals surface area contributed by atoms with Crippen LogP contribution in [0.5, 0.6) is 11.5 Å². The van der Waals surface area contributed by atoms with Crippen molar-refractivity contribution in [2.75, 3.05) is 19.5 Å². The van der Waals surface area contributed by atoms with Gasteiger partial charge in [-0.2, -0.15) is 0 Å². The SMILES string of the molecule is COc1cc(OC)c(Nc2nccc(C(N)=S)n2)cc1Cl. The number of thiocarbonyl (C=S) groups is 1. The van der Waals surface area contributed by atoms with Gasteiger partial charge < -0.3 is 20.5 Å². The standard InChI is InChI=1S/C13H13ClN4O2S/c1-19-10-6-11(20-2)9(5-7(10)14)18-13-16-4-3-8(17-13)12(15)21/h3-6H,1-2H3,(H2,15,21)(H,16,17,18). The van der Waals surface area contributed by atoms with Gasteiger partial charge in [-0.25, -0.2) is 9.97 Å². The first kappa shape index (κ1) is 15.3. The first-order chi connectivity index (χ1) is 10.0. The molecule has 2 aromatic rings. The molecule has 0 bridgehead atoms. The Balaban J connectivity index is 2.37.